The highest BCUT2D eigenvalue weighted by atomic mass is 16.3. The molecule has 6 nitrogen and oxygen atoms in total. The monoisotopic (exact) mass is 289 g/mol. The van der Waals surface area contributed by atoms with E-state index in [4.69, 9.17) is 0 Å². The van der Waals surface area contributed by atoms with Gasteiger partial charge in [-0.3, -0.25) is 9.59 Å². The Morgan fingerprint density at radius 2 is 2.00 bits per heavy atom. The van der Waals surface area contributed by atoms with E-state index >= 15 is 0 Å². The van der Waals surface area contributed by atoms with Crippen LogP contribution >= 0.6 is 0 Å². The molecule has 1 heterocycles. The number of H-pyrrole nitrogens is 1. The van der Waals surface area contributed by atoms with Crippen molar-refractivity contribution in [3.8, 4) is 0 Å². The van der Waals surface area contributed by atoms with Gasteiger partial charge in [-0.05, 0) is 25.3 Å². The molecule has 112 valence electrons. The number of carbonyl (C=O) groups is 1. The summed E-state index contributed by atoms with van der Waals surface area (Å²) < 4.78 is 0. The lowest BCUT2D eigenvalue weighted by Crippen LogP contribution is -2.31. The third-order valence-electron chi connectivity index (χ3n) is 3.27. The Balaban J connectivity index is 2.17. The van der Waals surface area contributed by atoms with Crippen LogP contribution in [0.1, 0.15) is 30.8 Å². The van der Waals surface area contributed by atoms with Crippen molar-refractivity contribution in [3.05, 3.63) is 40.3 Å². The molecule has 2 atom stereocenters. The number of carbonyl (C=O) groups excluding carboxylic acids is 1. The quantitative estimate of drug-likeness (QED) is 0.767. The molecule has 0 saturated carbocycles. The molecule has 0 spiro atoms. The van der Waals surface area contributed by atoms with E-state index in [1.165, 1.54) is 0 Å². The fourth-order valence-corrected chi connectivity index (χ4v) is 2.30. The summed E-state index contributed by atoms with van der Waals surface area (Å²) >= 11 is 0. The molecule has 1 aromatic carbocycles. The molecule has 0 aliphatic heterocycles. The standard InChI is InChI=1S/C15H19N3O3/c1-9(7-10(2)19)8-16-15(21)13-11-5-3-4-6-12(11)14(20)18-17-13/h3-6,9-10,19H,7-8H2,1-2H3,(H,16,21)(H,18,20). The molecule has 2 rings (SSSR count). The van der Waals surface area contributed by atoms with Gasteiger partial charge in [0.25, 0.3) is 11.5 Å². The Labute approximate surface area is 122 Å². The maximum atomic E-state index is 12.2. The van der Waals surface area contributed by atoms with Crippen molar-refractivity contribution < 1.29 is 9.90 Å². The minimum absolute atomic E-state index is 0.156. The lowest BCUT2D eigenvalue weighted by atomic mass is 10.0. The van der Waals surface area contributed by atoms with E-state index in [9.17, 15) is 14.7 Å². The van der Waals surface area contributed by atoms with Gasteiger partial charge in [-0.2, -0.15) is 5.10 Å². The average Bonchev–Trinajstić information content (AvgIpc) is 2.45. The summed E-state index contributed by atoms with van der Waals surface area (Å²) in [5, 5.41) is 19.2. The summed E-state index contributed by atoms with van der Waals surface area (Å²) in [4.78, 5) is 23.9. The molecule has 2 unspecified atom stereocenters. The van der Waals surface area contributed by atoms with Crippen molar-refractivity contribution in [2.45, 2.75) is 26.4 Å². The number of nitrogens with one attached hydrogen (secondary N) is 2. The van der Waals surface area contributed by atoms with Crippen LogP contribution in [-0.4, -0.2) is 33.9 Å². The zero-order chi connectivity index (χ0) is 15.4. The highest BCUT2D eigenvalue weighted by Crippen LogP contribution is 2.12. The molecule has 0 aliphatic rings. The normalized spacial score (nSPS) is 13.9. The molecular weight excluding hydrogens is 270 g/mol. The topological polar surface area (TPSA) is 95.1 Å². The van der Waals surface area contributed by atoms with Gasteiger partial charge in [0, 0.05) is 11.9 Å². The van der Waals surface area contributed by atoms with Gasteiger partial charge < -0.3 is 10.4 Å². The SMILES string of the molecule is CC(O)CC(C)CNC(=O)c1n[nH]c(=O)c2ccccc12. The van der Waals surface area contributed by atoms with Gasteiger partial charge in [-0.15, -0.1) is 0 Å². The molecule has 0 fully saturated rings. The molecule has 0 saturated heterocycles. The Bertz CT molecular complexity index is 694. The first-order valence-corrected chi connectivity index (χ1v) is 6.92. The molecule has 1 amide bonds. The van der Waals surface area contributed by atoms with Gasteiger partial charge in [0.05, 0.1) is 11.5 Å². The Kier molecular flexibility index (Phi) is 4.70. The molecule has 21 heavy (non-hydrogen) atoms. The lowest BCUT2D eigenvalue weighted by Gasteiger charge is -2.14. The second-order valence-electron chi connectivity index (χ2n) is 5.35. The van der Waals surface area contributed by atoms with Crippen LogP contribution in [0.25, 0.3) is 10.8 Å². The number of benzene rings is 1. The number of nitrogens with zero attached hydrogens (tertiary/aromatic N) is 1. The molecule has 0 bridgehead atoms. The van der Waals surface area contributed by atoms with E-state index in [1.807, 2.05) is 6.92 Å². The van der Waals surface area contributed by atoms with Crippen LogP contribution in [-0.2, 0) is 0 Å². The van der Waals surface area contributed by atoms with E-state index in [0.29, 0.717) is 23.7 Å². The van der Waals surface area contributed by atoms with E-state index < -0.39 is 6.10 Å². The Morgan fingerprint density at radius 1 is 1.33 bits per heavy atom. The summed E-state index contributed by atoms with van der Waals surface area (Å²) in [6.45, 7) is 4.11. The van der Waals surface area contributed by atoms with Crippen molar-refractivity contribution in [2.24, 2.45) is 5.92 Å². The lowest BCUT2D eigenvalue weighted by molar-refractivity contribution is 0.0935. The van der Waals surface area contributed by atoms with Crippen molar-refractivity contribution in [2.75, 3.05) is 6.54 Å². The smallest absolute Gasteiger partial charge is 0.272 e. The zero-order valence-electron chi connectivity index (χ0n) is 12.1. The summed E-state index contributed by atoms with van der Waals surface area (Å²) in [5.41, 5.74) is -0.112. The Morgan fingerprint density at radius 3 is 2.67 bits per heavy atom. The van der Waals surface area contributed by atoms with Crippen LogP contribution in [0.5, 0.6) is 0 Å². The van der Waals surface area contributed by atoms with Crippen LogP contribution < -0.4 is 10.9 Å². The molecule has 0 aliphatic carbocycles. The summed E-state index contributed by atoms with van der Waals surface area (Å²) in [6, 6.07) is 6.86. The van der Waals surface area contributed by atoms with E-state index in [2.05, 4.69) is 15.5 Å². The Hall–Kier alpha value is -2.21. The average molecular weight is 289 g/mol. The molecule has 2 aromatic rings. The van der Waals surface area contributed by atoms with Gasteiger partial charge >= 0.3 is 0 Å². The highest BCUT2D eigenvalue weighted by Gasteiger charge is 2.15. The maximum absolute atomic E-state index is 12.2. The predicted molar refractivity (Wildman–Crippen MR) is 80.2 cm³/mol. The molecular formula is C15H19N3O3. The molecule has 6 heteroatoms. The fourth-order valence-electron chi connectivity index (χ4n) is 2.30. The van der Waals surface area contributed by atoms with Crippen LogP contribution in [0, 0.1) is 5.92 Å². The van der Waals surface area contributed by atoms with Crippen molar-refractivity contribution in [1.29, 1.82) is 0 Å². The summed E-state index contributed by atoms with van der Waals surface area (Å²) in [6.07, 6.45) is 0.212. The fraction of sp³-hybridized carbons (Fsp3) is 0.400. The van der Waals surface area contributed by atoms with Crippen LogP contribution in [0.15, 0.2) is 29.1 Å². The number of aliphatic hydroxyl groups is 1. The molecule has 3 N–H and O–H groups in total. The zero-order valence-corrected chi connectivity index (χ0v) is 12.1. The van der Waals surface area contributed by atoms with Gasteiger partial charge in [0.1, 0.15) is 0 Å². The van der Waals surface area contributed by atoms with E-state index in [0.717, 1.165) is 0 Å². The first-order valence-electron chi connectivity index (χ1n) is 6.92. The number of fused-ring (bicyclic) bond motifs is 1. The van der Waals surface area contributed by atoms with Crippen LogP contribution in [0.4, 0.5) is 0 Å². The third kappa shape index (κ3) is 3.66. The number of aromatic nitrogens is 2. The number of hydrogen-bond acceptors (Lipinski definition) is 4. The summed E-state index contributed by atoms with van der Waals surface area (Å²) in [7, 11) is 0. The first-order chi connectivity index (χ1) is 9.99. The molecule has 1 aromatic heterocycles. The van der Waals surface area contributed by atoms with Gasteiger partial charge in [0.15, 0.2) is 5.69 Å². The number of hydrogen-bond donors (Lipinski definition) is 3. The van der Waals surface area contributed by atoms with Crippen LogP contribution in [0.3, 0.4) is 0 Å². The summed E-state index contributed by atoms with van der Waals surface area (Å²) in [5.74, 6) is -0.178. The van der Waals surface area contributed by atoms with Gasteiger partial charge in [-0.1, -0.05) is 25.1 Å². The predicted octanol–water partition coefficient (Wildman–Crippen LogP) is 1.06. The third-order valence-corrected chi connectivity index (χ3v) is 3.27. The molecule has 0 radical (unpaired) electrons. The van der Waals surface area contributed by atoms with E-state index in [1.54, 1.807) is 31.2 Å². The minimum atomic E-state index is -0.399. The van der Waals surface area contributed by atoms with Crippen molar-refractivity contribution in [3.63, 3.8) is 0 Å². The van der Waals surface area contributed by atoms with Crippen molar-refractivity contribution in [1.82, 2.24) is 15.5 Å². The maximum Gasteiger partial charge on any atom is 0.272 e. The number of aliphatic hydroxyl groups excluding tert-OH is 1. The van der Waals surface area contributed by atoms with Gasteiger partial charge in [0.2, 0.25) is 0 Å². The first kappa shape index (κ1) is 15.2. The number of rotatable bonds is 5. The minimum Gasteiger partial charge on any atom is -0.393 e. The van der Waals surface area contributed by atoms with Gasteiger partial charge in [-0.25, -0.2) is 5.10 Å². The van der Waals surface area contributed by atoms with Crippen molar-refractivity contribution >= 4 is 16.7 Å². The largest absolute Gasteiger partial charge is 0.393 e. The highest BCUT2D eigenvalue weighted by molar-refractivity contribution is 6.04. The number of aromatic amines is 1. The second kappa shape index (κ2) is 6.49. The van der Waals surface area contributed by atoms with Crippen LogP contribution in [0.2, 0.25) is 0 Å². The second-order valence-corrected chi connectivity index (χ2v) is 5.35. The van der Waals surface area contributed by atoms with E-state index in [-0.39, 0.29) is 23.1 Å². The number of amides is 1.